The Balaban J connectivity index is 2.96. The number of hydrogen-bond donors (Lipinski definition) is 1. The molecule has 21 heavy (non-hydrogen) atoms. The molecule has 1 aromatic carbocycles. The second kappa shape index (κ2) is 7.99. The van der Waals surface area contributed by atoms with E-state index in [4.69, 9.17) is 0 Å². The van der Waals surface area contributed by atoms with Crippen molar-refractivity contribution in [1.82, 2.24) is 4.72 Å². The first-order chi connectivity index (χ1) is 9.92. The van der Waals surface area contributed by atoms with Gasteiger partial charge in [0.05, 0.1) is 19.2 Å². The molecule has 7 heteroatoms. The Labute approximate surface area is 126 Å². The third-order valence-electron chi connectivity index (χ3n) is 2.99. The van der Waals surface area contributed by atoms with Gasteiger partial charge in [-0.15, -0.1) is 0 Å². The van der Waals surface area contributed by atoms with Gasteiger partial charge < -0.3 is 9.64 Å². The Morgan fingerprint density at radius 2 is 2.00 bits per heavy atom. The molecule has 118 valence electrons. The van der Waals surface area contributed by atoms with Crippen LogP contribution in [0.3, 0.4) is 0 Å². The summed E-state index contributed by atoms with van der Waals surface area (Å²) in [7, 11) is -0.474. The molecule has 1 rings (SSSR count). The van der Waals surface area contributed by atoms with Gasteiger partial charge >= 0.3 is 5.97 Å². The maximum Gasteiger partial charge on any atom is 0.307 e. The third-order valence-corrected chi connectivity index (χ3v) is 4.50. The van der Waals surface area contributed by atoms with Crippen molar-refractivity contribution in [3.05, 3.63) is 24.3 Å². The number of ether oxygens (including phenoxy) is 1. The molecule has 0 radical (unpaired) electrons. The molecule has 0 unspecified atom stereocenters. The van der Waals surface area contributed by atoms with Crippen LogP contribution in [0.25, 0.3) is 0 Å². The molecule has 1 aromatic rings. The van der Waals surface area contributed by atoms with Crippen molar-refractivity contribution in [2.45, 2.75) is 24.7 Å². The van der Waals surface area contributed by atoms with Gasteiger partial charge in [0.2, 0.25) is 10.0 Å². The quantitative estimate of drug-likeness (QED) is 0.734. The predicted molar refractivity (Wildman–Crippen MR) is 81.8 cm³/mol. The van der Waals surface area contributed by atoms with Crippen molar-refractivity contribution in [2.75, 3.05) is 32.1 Å². The number of hydrogen-bond acceptors (Lipinski definition) is 5. The highest BCUT2D eigenvalue weighted by Crippen LogP contribution is 2.24. The number of esters is 1. The molecule has 0 aliphatic carbocycles. The monoisotopic (exact) mass is 314 g/mol. The van der Waals surface area contributed by atoms with Crippen LogP contribution in [0.15, 0.2) is 29.2 Å². The van der Waals surface area contributed by atoms with E-state index in [0.29, 0.717) is 18.8 Å². The molecular weight excluding hydrogens is 292 g/mol. The summed E-state index contributed by atoms with van der Waals surface area (Å²) in [4.78, 5) is 13.1. The van der Waals surface area contributed by atoms with Gasteiger partial charge in [0.1, 0.15) is 4.90 Å². The lowest BCUT2D eigenvalue weighted by atomic mass is 10.3. The SMILES string of the molecule is CCCNS(=O)(=O)c1ccccc1N(C)CCC(=O)OC. The molecule has 0 aliphatic rings. The number of benzene rings is 1. The largest absolute Gasteiger partial charge is 0.469 e. The minimum absolute atomic E-state index is 0.198. The average molecular weight is 314 g/mol. The zero-order valence-electron chi connectivity index (χ0n) is 12.6. The van der Waals surface area contributed by atoms with E-state index in [9.17, 15) is 13.2 Å². The van der Waals surface area contributed by atoms with Crippen LogP contribution in [0.2, 0.25) is 0 Å². The molecule has 0 spiro atoms. The predicted octanol–water partition coefficient (Wildman–Crippen LogP) is 1.37. The van der Waals surface area contributed by atoms with Crippen LogP contribution < -0.4 is 9.62 Å². The van der Waals surface area contributed by atoms with Gasteiger partial charge in [-0.3, -0.25) is 4.79 Å². The topological polar surface area (TPSA) is 75.7 Å². The van der Waals surface area contributed by atoms with Gasteiger partial charge in [0.25, 0.3) is 0 Å². The summed E-state index contributed by atoms with van der Waals surface area (Å²) in [6.07, 6.45) is 0.920. The summed E-state index contributed by atoms with van der Waals surface area (Å²) in [5.41, 5.74) is 0.560. The first kappa shape index (κ1) is 17.5. The Hall–Kier alpha value is -1.60. The number of sulfonamides is 1. The Kier molecular flexibility index (Phi) is 6.64. The van der Waals surface area contributed by atoms with E-state index in [2.05, 4.69) is 9.46 Å². The number of rotatable bonds is 8. The first-order valence-electron chi connectivity index (χ1n) is 6.79. The Morgan fingerprint density at radius 3 is 2.62 bits per heavy atom. The molecule has 6 nitrogen and oxygen atoms in total. The number of nitrogens with one attached hydrogen (secondary N) is 1. The molecular formula is C14H22N2O4S. The van der Waals surface area contributed by atoms with Crippen molar-refractivity contribution >= 4 is 21.7 Å². The van der Waals surface area contributed by atoms with E-state index in [1.54, 1.807) is 36.2 Å². The Morgan fingerprint density at radius 1 is 1.33 bits per heavy atom. The summed E-state index contributed by atoms with van der Waals surface area (Å²) < 4.78 is 31.7. The van der Waals surface area contributed by atoms with Crippen molar-refractivity contribution in [2.24, 2.45) is 0 Å². The molecule has 0 fully saturated rings. The van der Waals surface area contributed by atoms with Gasteiger partial charge in [-0.25, -0.2) is 13.1 Å². The highest BCUT2D eigenvalue weighted by atomic mass is 32.2. The van der Waals surface area contributed by atoms with Crippen LogP contribution in [0.1, 0.15) is 19.8 Å². The molecule has 0 bridgehead atoms. The second-order valence-electron chi connectivity index (χ2n) is 4.61. The third kappa shape index (κ3) is 5.02. The second-order valence-corrected chi connectivity index (χ2v) is 6.35. The van der Waals surface area contributed by atoms with E-state index in [1.807, 2.05) is 6.92 Å². The van der Waals surface area contributed by atoms with E-state index in [-0.39, 0.29) is 17.3 Å². The van der Waals surface area contributed by atoms with Crippen molar-refractivity contribution in [3.8, 4) is 0 Å². The molecule has 0 heterocycles. The molecule has 0 aromatic heterocycles. The fourth-order valence-electron chi connectivity index (χ4n) is 1.80. The average Bonchev–Trinajstić information content (AvgIpc) is 2.50. The fourth-order valence-corrected chi connectivity index (χ4v) is 3.18. The lowest BCUT2D eigenvalue weighted by Gasteiger charge is -2.22. The van der Waals surface area contributed by atoms with Gasteiger partial charge in [-0.2, -0.15) is 0 Å². The minimum atomic E-state index is -3.55. The van der Waals surface area contributed by atoms with Gasteiger partial charge in [0.15, 0.2) is 0 Å². The highest BCUT2D eigenvalue weighted by Gasteiger charge is 2.19. The number of carbonyl (C=O) groups is 1. The number of nitrogens with zero attached hydrogens (tertiary/aromatic N) is 1. The Bertz CT molecular complexity index is 572. The minimum Gasteiger partial charge on any atom is -0.469 e. The van der Waals surface area contributed by atoms with Crippen molar-refractivity contribution in [1.29, 1.82) is 0 Å². The zero-order chi connectivity index (χ0) is 15.9. The van der Waals surface area contributed by atoms with Crippen LogP contribution in [0.5, 0.6) is 0 Å². The number of carbonyl (C=O) groups excluding carboxylic acids is 1. The van der Waals surface area contributed by atoms with Crippen LogP contribution in [0.4, 0.5) is 5.69 Å². The molecule has 0 amide bonds. The van der Waals surface area contributed by atoms with E-state index < -0.39 is 10.0 Å². The van der Waals surface area contributed by atoms with Crippen LogP contribution >= 0.6 is 0 Å². The molecule has 1 N–H and O–H groups in total. The van der Waals surface area contributed by atoms with Gasteiger partial charge in [-0.1, -0.05) is 19.1 Å². The lowest BCUT2D eigenvalue weighted by Crippen LogP contribution is -2.28. The lowest BCUT2D eigenvalue weighted by molar-refractivity contribution is -0.140. The van der Waals surface area contributed by atoms with Crippen LogP contribution in [-0.4, -0.2) is 41.6 Å². The smallest absolute Gasteiger partial charge is 0.307 e. The molecule has 0 saturated heterocycles. The first-order valence-corrected chi connectivity index (χ1v) is 8.27. The fraction of sp³-hybridized carbons (Fsp3) is 0.500. The number of para-hydroxylation sites is 1. The van der Waals surface area contributed by atoms with Crippen LogP contribution in [-0.2, 0) is 19.6 Å². The van der Waals surface area contributed by atoms with E-state index >= 15 is 0 Å². The maximum absolute atomic E-state index is 12.3. The number of anilines is 1. The summed E-state index contributed by atoms with van der Waals surface area (Å²) >= 11 is 0. The standard InChI is InChI=1S/C14H22N2O4S/c1-4-10-15-21(18,19)13-8-6-5-7-12(13)16(2)11-9-14(17)20-3/h5-8,15H,4,9-11H2,1-3H3. The molecule has 0 aliphatic heterocycles. The van der Waals surface area contributed by atoms with Gasteiger partial charge in [-0.05, 0) is 18.6 Å². The van der Waals surface area contributed by atoms with Crippen LogP contribution in [0, 0.1) is 0 Å². The van der Waals surface area contributed by atoms with E-state index in [1.165, 1.54) is 7.11 Å². The summed E-state index contributed by atoms with van der Waals surface area (Å²) in [6.45, 7) is 2.67. The van der Waals surface area contributed by atoms with Crippen molar-refractivity contribution in [3.63, 3.8) is 0 Å². The number of methoxy groups -OCH3 is 1. The zero-order valence-corrected chi connectivity index (χ0v) is 13.4. The summed E-state index contributed by atoms with van der Waals surface area (Å²) in [5.74, 6) is -0.328. The normalized spacial score (nSPS) is 11.2. The van der Waals surface area contributed by atoms with Gasteiger partial charge in [0, 0.05) is 20.1 Å². The van der Waals surface area contributed by atoms with E-state index in [0.717, 1.165) is 6.42 Å². The maximum atomic E-state index is 12.3. The molecule has 0 saturated carbocycles. The van der Waals surface area contributed by atoms with Crippen molar-refractivity contribution < 1.29 is 17.9 Å². The summed E-state index contributed by atoms with van der Waals surface area (Å²) in [5, 5.41) is 0. The highest BCUT2D eigenvalue weighted by molar-refractivity contribution is 7.89. The molecule has 0 atom stereocenters. The summed E-state index contributed by atoms with van der Waals surface area (Å²) in [6, 6.07) is 6.72.